The molecule has 1 aromatic heterocycles. The molecular formula is C15H18ClNO. The standard InChI is InChI=1S/C15H18ClNO/c1-15(2,3)12-6-4-11(5-7-12)13-10-17-14(18-13)8-9-16/h4-7,10H,8-9H2,1-3H3. The number of hydrogen-bond donors (Lipinski definition) is 0. The van der Waals surface area contributed by atoms with Gasteiger partial charge in [0.05, 0.1) is 6.20 Å². The van der Waals surface area contributed by atoms with Crippen LogP contribution in [0.1, 0.15) is 32.2 Å². The highest BCUT2D eigenvalue weighted by atomic mass is 35.5. The summed E-state index contributed by atoms with van der Waals surface area (Å²) in [6.07, 6.45) is 2.43. The Morgan fingerprint density at radius 1 is 1.17 bits per heavy atom. The van der Waals surface area contributed by atoms with Gasteiger partial charge < -0.3 is 4.42 Å². The summed E-state index contributed by atoms with van der Waals surface area (Å²) in [5, 5.41) is 0. The van der Waals surface area contributed by atoms with Crippen LogP contribution in [0.4, 0.5) is 0 Å². The first kappa shape index (κ1) is 13.2. The SMILES string of the molecule is CC(C)(C)c1ccc(-c2cnc(CCCl)o2)cc1. The third kappa shape index (κ3) is 2.94. The molecule has 0 radical (unpaired) electrons. The van der Waals surface area contributed by atoms with Crippen molar-refractivity contribution in [2.24, 2.45) is 0 Å². The predicted octanol–water partition coefficient (Wildman–Crippen LogP) is 4.42. The van der Waals surface area contributed by atoms with E-state index in [2.05, 4.69) is 50.0 Å². The van der Waals surface area contributed by atoms with Gasteiger partial charge in [0.2, 0.25) is 0 Å². The first-order chi connectivity index (χ1) is 8.50. The van der Waals surface area contributed by atoms with Crippen LogP contribution in [0.25, 0.3) is 11.3 Å². The van der Waals surface area contributed by atoms with Crippen LogP contribution in [0.3, 0.4) is 0 Å². The van der Waals surface area contributed by atoms with Crippen molar-refractivity contribution in [3.8, 4) is 11.3 Å². The van der Waals surface area contributed by atoms with Gasteiger partial charge in [0, 0.05) is 17.9 Å². The van der Waals surface area contributed by atoms with E-state index in [1.165, 1.54) is 5.56 Å². The summed E-state index contributed by atoms with van der Waals surface area (Å²) in [7, 11) is 0. The van der Waals surface area contributed by atoms with Gasteiger partial charge in [-0.1, -0.05) is 45.0 Å². The molecule has 2 aromatic rings. The van der Waals surface area contributed by atoms with Crippen LogP contribution in [0.15, 0.2) is 34.9 Å². The minimum absolute atomic E-state index is 0.170. The third-order valence-electron chi connectivity index (χ3n) is 2.90. The Morgan fingerprint density at radius 3 is 2.39 bits per heavy atom. The number of benzene rings is 1. The monoisotopic (exact) mass is 263 g/mol. The second-order valence-corrected chi connectivity index (χ2v) is 5.76. The lowest BCUT2D eigenvalue weighted by Crippen LogP contribution is -2.10. The van der Waals surface area contributed by atoms with Crippen molar-refractivity contribution in [2.75, 3.05) is 5.88 Å². The van der Waals surface area contributed by atoms with Crippen LogP contribution in [-0.4, -0.2) is 10.9 Å². The second-order valence-electron chi connectivity index (χ2n) is 5.38. The van der Waals surface area contributed by atoms with Crippen molar-refractivity contribution >= 4 is 11.6 Å². The van der Waals surface area contributed by atoms with Gasteiger partial charge in [0.1, 0.15) is 0 Å². The van der Waals surface area contributed by atoms with Crippen molar-refractivity contribution in [1.29, 1.82) is 0 Å². The van der Waals surface area contributed by atoms with Crippen LogP contribution >= 0.6 is 11.6 Å². The van der Waals surface area contributed by atoms with Crippen molar-refractivity contribution < 1.29 is 4.42 Å². The Bertz CT molecular complexity index is 508. The summed E-state index contributed by atoms with van der Waals surface area (Å²) in [4.78, 5) is 4.20. The molecule has 2 nitrogen and oxygen atoms in total. The lowest BCUT2D eigenvalue weighted by molar-refractivity contribution is 0.514. The number of rotatable bonds is 3. The van der Waals surface area contributed by atoms with Crippen LogP contribution in [-0.2, 0) is 11.8 Å². The molecule has 0 spiro atoms. The lowest BCUT2D eigenvalue weighted by Gasteiger charge is -2.18. The molecule has 0 saturated heterocycles. The van der Waals surface area contributed by atoms with Crippen molar-refractivity contribution in [3.05, 3.63) is 41.9 Å². The first-order valence-electron chi connectivity index (χ1n) is 6.12. The molecule has 0 aliphatic rings. The molecule has 0 fully saturated rings. The maximum Gasteiger partial charge on any atom is 0.196 e. The smallest absolute Gasteiger partial charge is 0.196 e. The quantitative estimate of drug-likeness (QED) is 0.766. The molecule has 0 saturated carbocycles. The average Bonchev–Trinajstić information content (AvgIpc) is 2.77. The number of oxazole rings is 1. The van der Waals surface area contributed by atoms with E-state index in [9.17, 15) is 0 Å². The second kappa shape index (κ2) is 5.15. The van der Waals surface area contributed by atoms with Crippen LogP contribution in [0.2, 0.25) is 0 Å². The van der Waals surface area contributed by atoms with Crippen molar-refractivity contribution in [1.82, 2.24) is 4.98 Å². The fourth-order valence-electron chi connectivity index (χ4n) is 1.77. The number of aryl methyl sites for hydroxylation is 1. The normalized spacial score (nSPS) is 11.8. The number of aromatic nitrogens is 1. The van der Waals surface area contributed by atoms with Gasteiger partial charge in [-0.05, 0) is 11.0 Å². The molecule has 96 valence electrons. The summed E-state index contributed by atoms with van der Waals surface area (Å²) in [6.45, 7) is 6.61. The van der Waals surface area contributed by atoms with Crippen LogP contribution < -0.4 is 0 Å². The number of hydrogen-bond acceptors (Lipinski definition) is 2. The molecule has 0 aliphatic carbocycles. The van der Waals surface area contributed by atoms with Gasteiger partial charge in [-0.25, -0.2) is 4.98 Å². The largest absolute Gasteiger partial charge is 0.441 e. The fraction of sp³-hybridized carbons (Fsp3) is 0.400. The Kier molecular flexibility index (Phi) is 3.76. The van der Waals surface area contributed by atoms with Crippen molar-refractivity contribution in [3.63, 3.8) is 0 Å². The van der Waals surface area contributed by atoms with Gasteiger partial charge in [-0.15, -0.1) is 11.6 Å². The zero-order chi connectivity index (χ0) is 13.2. The van der Waals surface area contributed by atoms with Gasteiger partial charge in [0.25, 0.3) is 0 Å². The number of nitrogens with zero attached hydrogens (tertiary/aromatic N) is 1. The Morgan fingerprint density at radius 2 is 1.83 bits per heavy atom. The number of alkyl halides is 1. The van der Waals surface area contributed by atoms with E-state index >= 15 is 0 Å². The van der Waals surface area contributed by atoms with E-state index in [1.54, 1.807) is 6.20 Å². The summed E-state index contributed by atoms with van der Waals surface area (Å²) >= 11 is 5.66. The van der Waals surface area contributed by atoms with E-state index in [1.807, 2.05) is 0 Å². The van der Waals surface area contributed by atoms with Gasteiger partial charge in [-0.2, -0.15) is 0 Å². The molecule has 0 unspecified atom stereocenters. The summed E-state index contributed by atoms with van der Waals surface area (Å²) in [5.74, 6) is 2.03. The van der Waals surface area contributed by atoms with Crippen LogP contribution in [0, 0.1) is 0 Å². The lowest BCUT2D eigenvalue weighted by atomic mass is 9.86. The Balaban J connectivity index is 2.23. The third-order valence-corrected chi connectivity index (χ3v) is 3.09. The van der Waals surface area contributed by atoms with E-state index in [-0.39, 0.29) is 5.41 Å². The maximum atomic E-state index is 5.66. The summed E-state index contributed by atoms with van der Waals surface area (Å²) < 4.78 is 5.64. The van der Waals surface area contributed by atoms with E-state index in [0.717, 1.165) is 11.3 Å². The Hall–Kier alpha value is -1.28. The zero-order valence-corrected chi connectivity index (χ0v) is 11.8. The van der Waals surface area contributed by atoms with Gasteiger partial charge >= 0.3 is 0 Å². The topological polar surface area (TPSA) is 26.0 Å². The maximum absolute atomic E-state index is 5.66. The molecule has 0 amide bonds. The first-order valence-corrected chi connectivity index (χ1v) is 6.66. The molecule has 0 aliphatic heterocycles. The van der Waals surface area contributed by atoms with Crippen LogP contribution in [0.5, 0.6) is 0 Å². The number of halogens is 1. The highest BCUT2D eigenvalue weighted by molar-refractivity contribution is 6.17. The summed E-state index contributed by atoms with van der Waals surface area (Å²) in [5.41, 5.74) is 2.53. The molecule has 0 N–H and O–H groups in total. The fourth-order valence-corrected chi connectivity index (χ4v) is 1.94. The zero-order valence-electron chi connectivity index (χ0n) is 11.0. The molecule has 0 atom stereocenters. The van der Waals surface area contributed by atoms with E-state index in [0.29, 0.717) is 18.2 Å². The molecule has 3 heteroatoms. The summed E-state index contributed by atoms with van der Waals surface area (Å²) in [6, 6.07) is 8.43. The molecule has 1 heterocycles. The average molecular weight is 264 g/mol. The highest BCUT2D eigenvalue weighted by Gasteiger charge is 2.13. The van der Waals surface area contributed by atoms with Gasteiger partial charge in [-0.3, -0.25) is 0 Å². The molecule has 2 rings (SSSR count). The Labute approximate surface area is 113 Å². The molecule has 18 heavy (non-hydrogen) atoms. The van der Waals surface area contributed by atoms with Gasteiger partial charge in [0.15, 0.2) is 11.7 Å². The van der Waals surface area contributed by atoms with E-state index < -0.39 is 0 Å². The molecule has 1 aromatic carbocycles. The minimum atomic E-state index is 0.170. The molecular weight excluding hydrogens is 246 g/mol. The molecule has 0 bridgehead atoms. The van der Waals surface area contributed by atoms with E-state index in [4.69, 9.17) is 16.0 Å². The highest BCUT2D eigenvalue weighted by Crippen LogP contribution is 2.26. The van der Waals surface area contributed by atoms with Crippen molar-refractivity contribution in [2.45, 2.75) is 32.6 Å². The predicted molar refractivity (Wildman–Crippen MR) is 75.1 cm³/mol. The minimum Gasteiger partial charge on any atom is -0.441 e.